The number of aliphatic hydroxyl groups excluding tert-OH is 1. The highest BCUT2D eigenvalue weighted by atomic mass is 32.2. The lowest BCUT2D eigenvalue weighted by Gasteiger charge is -2.27. The molecule has 0 bridgehead atoms. The second-order valence-electron chi connectivity index (χ2n) is 5.85. The van der Waals surface area contributed by atoms with Crippen LogP contribution in [-0.2, 0) is 9.84 Å². The van der Waals surface area contributed by atoms with E-state index in [1.165, 1.54) is 11.3 Å². The van der Waals surface area contributed by atoms with Gasteiger partial charge in [0, 0.05) is 23.8 Å². The van der Waals surface area contributed by atoms with Crippen LogP contribution in [0.25, 0.3) is 11.3 Å². The molecular weight excluding hydrogens is 346 g/mol. The molecule has 1 aromatic heterocycles. The van der Waals surface area contributed by atoms with Crippen molar-refractivity contribution in [1.29, 1.82) is 0 Å². The standard InChI is InChI=1S/C16H19N3O5S/c20-6-5-19(14-4-7-25(22,23)10-14)16(21)18-13-3-1-2-12(8-13)15-9-17-11-24-15/h1-3,8-9,11,14,20H,4-7,10H2,(H,18,21)/t14-/m0/s1. The first kappa shape index (κ1) is 17.4. The lowest BCUT2D eigenvalue weighted by atomic mass is 10.1. The Morgan fingerprint density at radius 1 is 1.44 bits per heavy atom. The van der Waals surface area contributed by atoms with E-state index in [1.807, 2.05) is 6.07 Å². The van der Waals surface area contributed by atoms with Gasteiger partial charge in [-0.25, -0.2) is 18.2 Å². The van der Waals surface area contributed by atoms with Gasteiger partial charge in [-0.2, -0.15) is 0 Å². The summed E-state index contributed by atoms with van der Waals surface area (Å²) >= 11 is 0. The van der Waals surface area contributed by atoms with Crippen molar-refractivity contribution in [1.82, 2.24) is 9.88 Å². The lowest BCUT2D eigenvalue weighted by molar-refractivity contribution is 0.169. The summed E-state index contributed by atoms with van der Waals surface area (Å²) < 4.78 is 28.6. The van der Waals surface area contributed by atoms with E-state index in [-0.39, 0.29) is 24.7 Å². The smallest absolute Gasteiger partial charge is 0.322 e. The number of oxazole rings is 1. The van der Waals surface area contributed by atoms with Crippen molar-refractivity contribution in [3.8, 4) is 11.3 Å². The van der Waals surface area contributed by atoms with Crippen molar-refractivity contribution in [2.45, 2.75) is 12.5 Å². The number of benzene rings is 1. The Labute approximate surface area is 145 Å². The molecule has 3 rings (SSSR count). The Kier molecular flexibility index (Phi) is 5.05. The topological polar surface area (TPSA) is 113 Å². The molecule has 1 aliphatic heterocycles. The van der Waals surface area contributed by atoms with E-state index in [1.54, 1.807) is 24.4 Å². The summed E-state index contributed by atoms with van der Waals surface area (Å²) in [5.41, 5.74) is 1.30. The molecule has 2 heterocycles. The Morgan fingerprint density at radius 2 is 2.28 bits per heavy atom. The minimum absolute atomic E-state index is 0.0633. The number of amides is 2. The summed E-state index contributed by atoms with van der Waals surface area (Å²) in [4.78, 5) is 17.8. The largest absolute Gasteiger partial charge is 0.444 e. The van der Waals surface area contributed by atoms with E-state index in [2.05, 4.69) is 10.3 Å². The number of sulfone groups is 1. The van der Waals surface area contributed by atoms with Gasteiger partial charge in [-0.15, -0.1) is 0 Å². The van der Waals surface area contributed by atoms with E-state index in [0.29, 0.717) is 17.9 Å². The fourth-order valence-electron chi connectivity index (χ4n) is 2.88. The minimum Gasteiger partial charge on any atom is -0.444 e. The van der Waals surface area contributed by atoms with Crippen LogP contribution >= 0.6 is 0 Å². The number of rotatable bonds is 5. The molecule has 25 heavy (non-hydrogen) atoms. The van der Waals surface area contributed by atoms with E-state index >= 15 is 0 Å². The maximum atomic E-state index is 12.6. The molecule has 134 valence electrons. The number of carbonyl (C=O) groups excluding carboxylic acids is 1. The van der Waals surface area contributed by atoms with Gasteiger partial charge in [0.2, 0.25) is 0 Å². The molecule has 0 unspecified atom stereocenters. The Morgan fingerprint density at radius 3 is 2.92 bits per heavy atom. The van der Waals surface area contributed by atoms with Crippen molar-refractivity contribution >= 4 is 21.6 Å². The highest BCUT2D eigenvalue weighted by Gasteiger charge is 2.34. The van der Waals surface area contributed by atoms with Gasteiger partial charge in [0.25, 0.3) is 0 Å². The van der Waals surface area contributed by atoms with Crippen molar-refractivity contribution in [2.24, 2.45) is 0 Å². The average molecular weight is 365 g/mol. The molecule has 1 atom stereocenters. The molecule has 8 nitrogen and oxygen atoms in total. The lowest BCUT2D eigenvalue weighted by Crippen LogP contribution is -2.45. The van der Waals surface area contributed by atoms with Crippen LogP contribution in [0.2, 0.25) is 0 Å². The van der Waals surface area contributed by atoms with Crippen LogP contribution in [0, 0.1) is 0 Å². The van der Waals surface area contributed by atoms with Gasteiger partial charge >= 0.3 is 6.03 Å². The number of nitrogens with one attached hydrogen (secondary N) is 1. The van der Waals surface area contributed by atoms with Gasteiger partial charge in [-0.3, -0.25) is 0 Å². The number of carbonyl (C=O) groups is 1. The van der Waals surface area contributed by atoms with Gasteiger partial charge in [0.15, 0.2) is 22.0 Å². The van der Waals surface area contributed by atoms with Crippen molar-refractivity contribution in [3.05, 3.63) is 36.9 Å². The molecule has 0 spiro atoms. The molecule has 2 amide bonds. The van der Waals surface area contributed by atoms with Gasteiger partial charge < -0.3 is 19.7 Å². The second-order valence-corrected chi connectivity index (χ2v) is 8.08. The minimum atomic E-state index is -3.12. The molecule has 1 aliphatic rings. The maximum absolute atomic E-state index is 12.6. The predicted octanol–water partition coefficient (Wildman–Crippen LogP) is 1.35. The molecule has 1 aromatic carbocycles. The Hall–Kier alpha value is -2.39. The molecule has 9 heteroatoms. The molecule has 0 aliphatic carbocycles. The highest BCUT2D eigenvalue weighted by molar-refractivity contribution is 7.91. The van der Waals surface area contributed by atoms with E-state index in [0.717, 1.165) is 5.56 Å². The average Bonchev–Trinajstić information content (AvgIpc) is 3.22. The molecule has 2 N–H and O–H groups in total. The van der Waals surface area contributed by atoms with E-state index in [9.17, 15) is 18.3 Å². The Balaban J connectivity index is 1.74. The zero-order chi connectivity index (χ0) is 17.9. The first-order valence-corrected chi connectivity index (χ1v) is 9.68. The fourth-order valence-corrected chi connectivity index (χ4v) is 4.61. The second kappa shape index (κ2) is 7.24. The SMILES string of the molecule is O=C(Nc1cccc(-c2cnco2)c1)N(CCO)[C@H]1CCS(=O)(=O)C1. The van der Waals surface area contributed by atoms with Crippen molar-refractivity contribution < 1.29 is 22.7 Å². The predicted molar refractivity (Wildman–Crippen MR) is 91.8 cm³/mol. The molecule has 0 saturated carbocycles. The van der Waals surface area contributed by atoms with Crippen LogP contribution in [0.4, 0.5) is 10.5 Å². The summed E-state index contributed by atoms with van der Waals surface area (Å²) in [7, 11) is -3.12. The summed E-state index contributed by atoms with van der Waals surface area (Å²) in [6, 6.07) is 6.19. The van der Waals surface area contributed by atoms with Crippen LogP contribution in [0.5, 0.6) is 0 Å². The fraction of sp³-hybridized carbons (Fsp3) is 0.375. The number of hydrogen-bond acceptors (Lipinski definition) is 6. The van der Waals surface area contributed by atoms with E-state index < -0.39 is 21.9 Å². The monoisotopic (exact) mass is 365 g/mol. The molecule has 0 radical (unpaired) electrons. The number of anilines is 1. The van der Waals surface area contributed by atoms with Crippen LogP contribution < -0.4 is 5.32 Å². The number of hydrogen-bond donors (Lipinski definition) is 2. The molecular formula is C16H19N3O5S. The normalized spacial score (nSPS) is 18.8. The zero-order valence-corrected chi connectivity index (χ0v) is 14.3. The highest BCUT2D eigenvalue weighted by Crippen LogP contribution is 2.23. The van der Waals surface area contributed by atoms with Crippen LogP contribution in [-0.4, -0.2) is 60.1 Å². The van der Waals surface area contributed by atoms with E-state index in [4.69, 9.17) is 4.42 Å². The molecule has 1 saturated heterocycles. The summed E-state index contributed by atoms with van der Waals surface area (Å²) in [5, 5.41) is 12.0. The summed E-state index contributed by atoms with van der Waals surface area (Å²) in [5.74, 6) is 0.567. The number of aliphatic hydroxyl groups is 1. The molecule has 2 aromatic rings. The summed E-state index contributed by atoms with van der Waals surface area (Å²) in [6.45, 7) is -0.157. The van der Waals surface area contributed by atoms with Gasteiger partial charge in [-0.05, 0) is 18.6 Å². The number of nitrogens with zero attached hydrogens (tertiary/aromatic N) is 2. The third-order valence-corrected chi connectivity index (χ3v) is 5.83. The third-order valence-electron chi connectivity index (χ3n) is 4.08. The van der Waals surface area contributed by atoms with Gasteiger partial charge in [-0.1, -0.05) is 12.1 Å². The quantitative estimate of drug-likeness (QED) is 0.827. The van der Waals surface area contributed by atoms with Crippen LogP contribution in [0.3, 0.4) is 0 Å². The van der Waals surface area contributed by atoms with Crippen LogP contribution in [0.1, 0.15) is 6.42 Å². The third kappa shape index (κ3) is 4.18. The first-order chi connectivity index (χ1) is 12.0. The molecule has 1 fully saturated rings. The van der Waals surface area contributed by atoms with Gasteiger partial charge in [0.1, 0.15) is 0 Å². The van der Waals surface area contributed by atoms with Crippen molar-refractivity contribution in [2.75, 3.05) is 30.0 Å². The number of aromatic nitrogens is 1. The zero-order valence-electron chi connectivity index (χ0n) is 13.5. The summed E-state index contributed by atoms with van der Waals surface area (Å²) in [6.07, 6.45) is 3.28. The first-order valence-electron chi connectivity index (χ1n) is 7.86. The van der Waals surface area contributed by atoms with Gasteiger partial charge in [0.05, 0.1) is 24.3 Å². The van der Waals surface area contributed by atoms with Crippen molar-refractivity contribution in [3.63, 3.8) is 0 Å². The number of urea groups is 1. The van der Waals surface area contributed by atoms with Crippen LogP contribution in [0.15, 0.2) is 41.3 Å². The maximum Gasteiger partial charge on any atom is 0.322 e. The Bertz CT molecular complexity index is 835.